The van der Waals surface area contributed by atoms with Crippen LogP contribution < -0.4 is 4.57 Å². The van der Waals surface area contributed by atoms with E-state index in [1.807, 2.05) is 0 Å². The second kappa shape index (κ2) is 18.3. The lowest BCUT2D eigenvalue weighted by Gasteiger charge is -2.14. The molecule has 164 valence electrons. The van der Waals surface area contributed by atoms with Crippen molar-refractivity contribution < 1.29 is 4.57 Å². The maximum absolute atomic E-state index is 3.59. The molecule has 0 aliphatic heterocycles. The van der Waals surface area contributed by atoms with Gasteiger partial charge in [-0.15, -0.1) is 0 Å². The summed E-state index contributed by atoms with van der Waals surface area (Å²) in [4.78, 5) is 3.59. The number of imidazole rings is 1. The van der Waals surface area contributed by atoms with Crippen molar-refractivity contribution in [1.82, 2.24) is 4.98 Å². The molecule has 0 aliphatic rings. The normalized spacial score (nSPS) is 12.5. The molecule has 1 N–H and O–H groups in total. The van der Waals surface area contributed by atoms with Gasteiger partial charge in [-0.25, -0.2) is 9.55 Å². The lowest BCUT2D eigenvalue weighted by atomic mass is 9.93. The summed E-state index contributed by atoms with van der Waals surface area (Å²) in [6.45, 7) is 8.05. The molecule has 0 spiro atoms. The lowest BCUT2D eigenvalue weighted by Crippen LogP contribution is -2.37. The molecule has 0 saturated carbocycles. The zero-order valence-electron chi connectivity index (χ0n) is 19.6. The van der Waals surface area contributed by atoms with Gasteiger partial charge in [0.05, 0.1) is 12.5 Å². The van der Waals surface area contributed by atoms with Crippen molar-refractivity contribution >= 4 is 0 Å². The van der Waals surface area contributed by atoms with Crippen LogP contribution in [0.15, 0.2) is 12.4 Å². The highest BCUT2D eigenvalue weighted by Crippen LogP contribution is 2.26. The molecule has 1 heterocycles. The Kier molecular flexibility index (Phi) is 16.5. The fourth-order valence-electron chi connectivity index (χ4n) is 4.45. The van der Waals surface area contributed by atoms with Crippen molar-refractivity contribution in [3.63, 3.8) is 0 Å². The van der Waals surface area contributed by atoms with Gasteiger partial charge in [0.25, 0.3) is 5.82 Å². The number of hydrogen-bond acceptors (Lipinski definition) is 0. The van der Waals surface area contributed by atoms with Crippen LogP contribution in [0.4, 0.5) is 0 Å². The number of rotatable bonds is 20. The molecule has 2 heteroatoms. The van der Waals surface area contributed by atoms with Crippen molar-refractivity contribution in [2.24, 2.45) is 0 Å². The minimum absolute atomic E-state index is 0.734. The van der Waals surface area contributed by atoms with E-state index in [1.54, 1.807) is 0 Å². The first-order valence-electron chi connectivity index (χ1n) is 12.9. The van der Waals surface area contributed by atoms with Gasteiger partial charge in [-0.3, -0.25) is 0 Å². The summed E-state index contributed by atoms with van der Waals surface area (Å²) in [7, 11) is 0. The van der Waals surface area contributed by atoms with Crippen LogP contribution in [0.2, 0.25) is 0 Å². The zero-order valence-corrected chi connectivity index (χ0v) is 19.6. The number of aromatic nitrogens is 2. The summed E-state index contributed by atoms with van der Waals surface area (Å²) >= 11 is 0. The van der Waals surface area contributed by atoms with Crippen molar-refractivity contribution in [3.05, 3.63) is 18.2 Å². The third kappa shape index (κ3) is 11.9. The van der Waals surface area contributed by atoms with Crippen LogP contribution in [-0.2, 0) is 6.54 Å². The van der Waals surface area contributed by atoms with Gasteiger partial charge in [-0.2, -0.15) is 0 Å². The van der Waals surface area contributed by atoms with E-state index >= 15 is 0 Å². The minimum atomic E-state index is 0.734. The van der Waals surface area contributed by atoms with Gasteiger partial charge in [-0.05, 0) is 19.3 Å². The van der Waals surface area contributed by atoms with Crippen LogP contribution in [0.1, 0.15) is 148 Å². The van der Waals surface area contributed by atoms with Gasteiger partial charge in [0.2, 0.25) is 0 Å². The Morgan fingerprint density at radius 3 is 1.57 bits per heavy atom. The second-order valence-corrected chi connectivity index (χ2v) is 8.91. The Bertz CT molecular complexity index is 437. The van der Waals surface area contributed by atoms with E-state index in [4.69, 9.17) is 0 Å². The van der Waals surface area contributed by atoms with Crippen LogP contribution in [0.25, 0.3) is 0 Å². The molecule has 0 amide bonds. The highest BCUT2D eigenvalue weighted by Gasteiger charge is 2.22. The van der Waals surface area contributed by atoms with E-state index in [9.17, 15) is 0 Å². The zero-order chi connectivity index (χ0) is 20.3. The van der Waals surface area contributed by atoms with Crippen molar-refractivity contribution in [1.29, 1.82) is 0 Å². The fourth-order valence-corrected chi connectivity index (χ4v) is 4.45. The lowest BCUT2D eigenvalue weighted by molar-refractivity contribution is -0.704. The molecule has 0 radical (unpaired) electrons. The first-order chi connectivity index (χ1) is 13.8. The van der Waals surface area contributed by atoms with Crippen molar-refractivity contribution in [3.8, 4) is 0 Å². The molecule has 0 fully saturated rings. The Balaban J connectivity index is 2.28. The first-order valence-corrected chi connectivity index (χ1v) is 12.9. The Hall–Kier alpha value is -0.790. The maximum Gasteiger partial charge on any atom is 0.257 e. The topological polar surface area (TPSA) is 19.7 Å². The standard InChI is InChI=1S/C26H50N2/c1-4-7-9-11-12-13-14-15-17-19-21-25(20-18-16-10-8-5-2)26-27-22-24-28(26)23-6-3/h22,24-25H,4-21,23H2,1-3H3/p+1/t25-/m0/s1. The van der Waals surface area contributed by atoms with Crippen LogP contribution in [0.5, 0.6) is 0 Å². The van der Waals surface area contributed by atoms with Gasteiger partial charge < -0.3 is 0 Å². The summed E-state index contributed by atoms with van der Waals surface area (Å²) in [6, 6.07) is 0. The van der Waals surface area contributed by atoms with Gasteiger partial charge in [0.1, 0.15) is 12.4 Å². The van der Waals surface area contributed by atoms with Crippen LogP contribution in [-0.4, -0.2) is 4.98 Å². The SMILES string of the molecule is CCCCCCCCCCCC[C@H](CCCCCCC)c1[nH]cc[n+]1CCC. The third-order valence-corrected chi connectivity index (χ3v) is 6.21. The molecule has 1 aromatic heterocycles. The van der Waals surface area contributed by atoms with E-state index in [0.29, 0.717) is 0 Å². The molecule has 1 atom stereocenters. The smallest absolute Gasteiger partial charge is 0.247 e. The summed E-state index contributed by atoms with van der Waals surface area (Å²) in [5, 5.41) is 0. The number of unbranched alkanes of at least 4 members (excludes halogenated alkanes) is 13. The molecule has 0 aliphatic carbocycles. The van der Waals surface area contributed by atoms with E-state index in [2.05, 4.69) is 42.7 Å². The van der Waals surface area contributed by atoms with Gasteiger partial charge in [0.15, 0.2) is 0 Å². The molecule has 0 bridgehead atoms. The minimum Gasteiger partial charge on any atom is -0.247 e. The quantitative estimate of drug-likeness (QED) is 0.170. The number of H-pyrrole nitrogens is 1. The van der Waals surface area contributed by atoms with Crippen LogP contribution in [0.3, 0.4) is 0 Å². The Morgan fingerprint density at radius 1 is 0.643 bits per heavy atom. The summed E-state index contributed by atoms with van der Waals surface area (Å²) in [5.41, 5.74) is 0. The fraction of sp³-hybridized carbons (Fsp3) is 0.885. The van der Waals surface area contributed by atoms with Gasteiger partial charge in [0, 0.05) is 0 Å². The second-order valence-electron chi connectivity index (χ2n) is 8.91. The molecule has 2 nitrogen and oxygen atoms in total. The van der Waals surface area contributed by atoms with Crippen LogP contribution >= 0.6 is 0 Å². The molecule has 1 rings (SSSR count). The van der Waals surface area contributed by atoms with Crippen molar-refractivity contribution in [2.75, 3.05) is 0 Å². The number of nitrogens with zero attached hydrogens (tertiary/aromatic N) is 1. The Morgan fingerprint density at radius 2 is 1.11 bits per heavy atom. The highest BCUT2D eigenvalue weighted by molar-refractivity contribution is 4.90. The van der Waals surface area contributed by atoms with Gasteiger partial charge >= 0.3 is 0 Å². The highest BCUT2D eigenvalue weighted by atomic mass is 15.1. The molecule has 0 saturated heterocycles. The molecule has 0 unspecified atom stereocenters. The van der Waals surface area contributed by atoms with Crippen LogP contribution in [0, 0.1) is 0 Å². The largest absolute Gasteiger partial charge is 0.257 e. The molecular weight excluding hydrogens is 340 g/mol. The van der Waals surface area contributed by atoms with E-state index in [0.717, 1.165) is 12.5 Å². The molecule has 28 heavy (non-hydrogen) atoms. The Labute approximate surface area is 176 Å². The number of aromatic amines is 1. The number of nitrogens with one attached hydrogen (secondary N) is 1. The van der Waals surface area contributed by atoms with E-state index in [-0.39, 0.29) is 0 Å². The average molecular weight is 392 g/mol. The molecule has 1 aromatic rings. The van der Waals surface area contributed by atoms with Gasteiger partial charge in [-0.1, -0.05) is 117 Å². The van der Waals surface area contributed by atoms with E-state index < -0.39 is 0 Å². The average Bonchev–Trinajstić information content (AvgIpc) is 3.16. The van der Waals surface area contributed by atoms with E-state index in [1.165, 1.54) is 121 Å². The monoisotopic (exact) mass is 391 g/mol. The first kappa shape index (κ1) is 25.2. The number of aryl methyl sites for hydroxylation is 1. The molecule has 0 aromatic carbocycles. The predicted molar refractivity (Wildman–Crippen MR) is 124 cm³/mol. The predicted octanol–water partition coefficient (Wildman–Crippen LogP) is 8.47. The summed E-state index contributed by atoms with van der Waals surface area (Å²) < 4.78 is 2.48. The maximum atomic E-state index is 3.59. The number of hydrogen-bond donors (Lipinski definition) is 1. The summed E-state index contributed by atoms with van der Waals surface area (Å²) in [5.74, 6) is 2.23. The third-order valence-electron chi connectivity index (χ3n) is 6.21. The van der Waals surface area contributed by atoms with Crippen molar-refractivity contribution in [2.45, 2.75) is 149 Å². The summed E-state index contributed by atoms with van der Waals surface area (Å²) in [6.07, 6.45) is 29.7. The molecular formula is C26H51N2+.